The highest BCUT2D eigenvalue weighted by molar-refractivity contribution is 7.91. The second kappa shape index (κ2) is 8.26. The van der Waals surface area contributed by atoms with Gasteiger partial charge in [0.25, 0.3) is 0 Å². The SMILES string of the molecule is Cl.O=S(=O)(c1cccc2ccccc12)c1[nH]nc2c(NC3CCNCC3)cccc12. The Bertz CT molecular complexity index is 1290. The van der Waals surface area contributed by atoms with E-state index >= 15 is 0 Å². The van der Waals surface area contributed by atoms with Gasteiger partial charge in [0.2, 0.25) is 9.84 Å². The van der Waals surface area contributed by atoms with Gasteiger partial charge >= 0.3 is 0 Å². The topological polar surface area (TPSA) is 86.9 Å². The lowest BCUT2D eigenvalue weighted by atomic mass is 10.1. The number of nitrogens with zero attached hydrogens (tertiary/aromatic N) is 1. The minimum atomic E-state index is -3.75. The molecule has 0 atom stereocenters. The minimum Gasteiger partial charge on any atom is -0.380 e. The molecule has 1 saturated heterocycles. The number of fused-ring (bicyclic) bond motifs is 2. The fraction of sp³-hybridized carbons (Fsp3) is 0.227. The molecule has 30 heavy (non-hydrogen) atoms. The number of sulfone groups is 1. The molecule has 156 valence electrons. The minimum absolute atomic E-state index is 0. The van der Waals surface area contributed by atoms with Crippen LogP contribution in [0.3, 0.4) is 0 Å². The van der Waals surface area contributed by atoms with Crippen LogP contribution in [0.25, 0.3) is 21.7 Å². The van der Waals surface area contributed by atoms with E-state index in [1.54, 1.807) is 12.1 Å². The largest absolute Gasteiger partial charge is 0.380 e. The van der Waals surface area contributed by atoms with Crippen LogP contribution in [-0.2, 0) is 9.84 Å². The lowest BCUT2D eigenvalue weighted by Gasteiger charge is -2.24. The summed E-state index contributed by atoms with van der Waals surface area (Å²) >= 11 is 0. The summed E-state index contributed by atoms with van der Waals surface area (Å²) in [6, 6.07) is 18.9. The Labute approximate surface area is 181 Å². The number of anilines is 1. The lowest BCUT2D eigenvalue weighted by molar-refractivity contribution is 0.479. The van der Waals surface area contributed by atoms with Gasteiger partial charge in [0.05, 0.1) is 10.6 Å². The lowest BCUT2D eigenvalue weighted by Crippen LogP contribution is -2.35. The van der Waals surface area contributed by atoms with E-state index in [0.717, 1.165) is 37.0 Å². The standard InChI is InChI=1S/C22H22N4O2S.ClH/c27-29(28,20-10-3-6-15-5-1-2-7-17(15)20)22-18-8-4-9-19(21(18)25-26-22)24-16-11-13-23-14-12-16;/h1-10,16,23-24H,11-14H2,(H,25,26);1H. The predicted molar refractivity (Wildman–Crippen MR) is 122 cm³/mol. The Morgan fingerprint density at radius 3 is 2.43 bits per heavy atom. The summed E-state index contributed by atoms with van der Waals surface area (Å²) in [5.41, 5.74) is 1.52. The number of para-hydroxylation sites is 1. The number of nitrogens with one attached hydrogen (secondary N) is 3. The van der Waals surface area contributed by atoms with E-state index in [0.29, 0.717) is 22.3 Å². The van der Waals surface area contributed by atoms with Gasteiger partial charge in [-0.1, -0.05) is 42.5 Å². The van der Waals surface area contributed by atoms with Crippen molar-refractivity contribution in [1.82, 2.24) is 15.5 Å². The molecule has 8 heteroatoms. The maximum absolute atomic E-state index is 13.5. The highest BCUT2D eigenvalue weighted by atomic mass is 35.5. The molecular formula is C22H23ClN4O2S. The molecule has 0 aliphatic carbocycles. The molecule has 5 rings (SSSR count). The maximum Gasteiger partial charge on any atom is 0.224 e. The van der Waals surface area contributed by atoms with Crippen LogP contribution in [0, 0.1) is 0 Å². The highest BCUT2D eigenvalue weighted by Gasteiger charge is 2.26. The van der Waals surface area contributed by atoms with Gasteiger partial charge in [0.1, 0.15) is 5.52 Å². The number of hydrogen-bond acceptors (Lipinski definition) is 5. The van der Waals surface area contributed by atoms with Crippen molar-refractivity contribution in [2.24, 2.45) is 0 Å². The molecule has 1 aliphatic rings. The van der Waals surface area contributed by atoms with Crippen molar-refractivity contribution in [2.45, 2.75) is 28.8 Å². The van der Waals surface area contributed by atoms with Gasteiger partial charge in [-0.15, -0.1) is 12.4 Å². The average molecular weight is 443 g/mol. The first kappa shape index (κ1) is 20.7. The van der Waals surface area contributed by atoms with Crippen LogP contribution in [-0.4, -0.2) is 37.7 Å². The Morgan fingerprint density at radius 2 is 1.60 bits per heavy atom. The fourth-order valence-electron chi connectivity index (χ4n) is 4.06. The number of aromatic nitrogens is 2. The molecule has 1 aromatic heterocycles. The number of aromatic amines is 1. The summed E-state index contributed by atoms with van der Waals surface area (Å²) in [5.74, 6) is 0. The van der Waals surface area contributed by atoms with Crippen molar-refractivity contribution < 1.29 is 8.42 Å². The van der Waals surface area contributed by atoms with Gasteiger partial charge in [-0.25, -0.2) is 8.42 Å². The number of benzene rings is 3. The van der Waals surface area contributed by atoms with Crippen LogP contribution >= 0.6 is 12.4 Å². The second-order valence-corrected chi connectivity index (χ2v) is 9.26. The van der Waals surface area contributed by atoms with Crippen LogP contribution in [0.15, 0.2) is 70.6 Å². The predicted octanol–water partition coefficient (Wildman–Crippen LogP) is 4.13. The van der Waals surface area contributed by atoms with Crippen molar-refractivity contribution in [3.63, 3.8) is 0 Å². The number of H-pyrrole nitrogens is 1. The highest BCUT2D eigenvalue weighted by Crippen LogP contribution is 2.33. The number of rotatable bonds is 4. The van der Waals surface area contributed by atoms with Crippen molar-refractivity contribution in [2.75, 3.05) is 18.4 Å². The molecule has 4 aromatic rings. The van der Waals surface area contributed by atoms with E-state index in [4.69, 9.17) is 0 Å². The number of halogens is 1. The number of piperidine rings is 1. The van der Waals surface area contributed by atoms with Gasteiger partial charge in [-0.3, -0.25) is 5.10 Å². The number of hydrogen-bond donors (Lipinski definition) is 3. The Morgan fingerprint density at radius 1 is 0.900 bits per heavy atom. The van der Waals surface area contributed by atoms with Gasteiger partial charge in [-0.05, 0) is 49.5 Å². The van der Waals surface area contributed by atoms with Crippen molar-refractivity contribution in [1.29, 1.82) is 0 Å². The Balaban J connectivity index is 0.00000218. The van der Waals surface area contributed by atoms with E-state index in [2.05, 4.69) is 20.8 Å². The van der Waals surface area contributed by atoms with E-state index in [1.165, 1.54) is 0 Å². The molecule has 3 N–H and O–H groups in total. The quantitative estimate of drug-likeness (QED) is 0.442. The summed E-state index contributed by atoms with van der Waals surface area (Å²) in [6.07, 6.45) is 2.06. The molecule has 0 bridgehead atoms. The second-order valence-electron chi connectivity index (χ2n) is 7.40. The monoisotopic (exact) mass is 442 g/mol. The average Bonchev–Trinajstić information content (AvgIpc) is 3.20. The fourth-order valence-corrected chi connectivity index (χ4v) is 5.63. The molecule has 0 saturated carbocycles. The van der Waals surface area contributed by atoms with Crippen LogP contribution in [0.2, 0.25) is 0 Å². The molecule has 0 radical (unpaired) electrons. The first-order valence-electron chi connectivity index (χ1n) is 9.82. The summed E-state index contributed by atoms with van der Waals surface area (Å²) in [5, 5.41) is 16.4. The Hall–Kier alpha value is -2.61. The van der Waals surface area contributed by atoms with Crippen molar-refractivity contribution in [3.05, 3.63) is 60.7 Å². The molecule has 2 heterocycles. The molecule has 6 nitrogen and oxygen atoms in total. The van der Waals surface area contributed by atoms with Gasteiger partial charge in [-0.2, -0.15) is 5.10 Å². The van der Waals surface area contributed by atoms with Crippen LogP contribution in [0.4, 0.5) is 5.69 Å². The maximum atomic E-state index is 13.5. The first-order chi connectivity index (χ1) is 14.1. The van der Waals surface area contributed by atoms with E-state index in [-0.39, 0.29) is 22.3 Å². The zero-order valence-electron chi connectivity index (χ0n) is 16.3. The molecular weight excluding hydrogens is 420 g/mol. The molecule has 3 aromatic carbocycles. The van der Waals surface area contributed by atoms with E-state index in [9.17, 15) is 8.42 Å². The van der Waals surface area contributed by atoms with Crippen molar-refractivity contribution >= 4 is 49.6 Å². The first-order valence-corrected chi connectivity index (χ1v) is 11.3. The van der Waals surface area contributed by atoms with E-state index in [1.807, 2.05) is 48.5 Å². The smallest absolute Gasteiger partial charge is 0.224 e. The molecule has 0 unspecified atom stereocenters. The molecule has 0 amide bonds. The summed E-state index contributed by atoms with van der Waals surface area (Å²) in [4.78, 5) is 0.290. The van der Waals surface area contributed by atoms with Crippen LogP contribution in [0.1, 0.15) is 12.8 Å². The zero-order chi connectivity index (χ0) is 19.8. The third kappa shape index (κ3) is 3.53. The summed E-state index contributed by atoms with van der Waals surface area (Å²) < 4.78 is 27.0. The van der Waals surface area contributed by atoms with Crippen LogP contribution < -0.4 is 10.6 Å². The normalized spacial score (nSPS) is 15.2. The van der Waals surface area contributed by atoms with Gasteiger partial charge in [0.15, 0.2) is 5.03 Å². The molecule has 1 aliphatic heterocycles. The molecule has 1 fully saturated rings. The van der Waals surface area contributed by atoms with Gasteiger partial charge < -0.3 is 10.6 Å². The summed E-state index contributed by atoms with van der Waals surface area (Å²) in [7, 11) is -3.75. The Kier molecular flexibility index (Phi) is 5.69. The summed E-state index contributed by atoms with van der Waals surface area (Å²) in [6.45, 7) is 1.96. The molecule has 0 spiro atoms. The zero-order valence-corrected chi connectivity index (χ0v) is 17.9. The third-order valence-corrected chi connectivity index (χ3v) is 7.34. The van der Waals surface area contributed by atoms with Gasteiger partial charge in [0, 0.05) is 16.8 Å². The van der Waals surface area contributed by atoms with Crippen LogP contribution in [0.5, 0.6) is 0 Å². The van der Waals surface area contributed by atoms with Crippen molar-refractivity contribution in [3.8, 4) is 0 Å². The third-order valence-electron chi connectivity index (χ3n) is 5.56. The van der Waals surface area contributed by atoms with E-state index < -0.39 is 9.84 Å².